The predicted octanol–water partition coefficient (Wildman–Crippen LogP) is 5.17. The van der Waals surface area contributed by atoms with E-state index >= 15 is 0 Å². The van der Waals surface area contributed by atoms with E-state index in [0.29, 0.717) is 11.5 Å². The molecule has 28 heavy (non-hydrogen) atoms. The second-order valence-corrected chi connectivity index (χ2v) is 7.87. The molecule has 0 spiro atoms. The minimum Gasteiger partial charge on any atom is -0.489 e. The van der Waals surface area contributed by atoms with Gasteiger partial charge in [0, 0.05) is 17.4 Å². The van der Waals surface area contributed by atoms with Crippen molar-refractivity contribution in [2.24, 2.45) is 5.92 Å². The maximum atomic E-state index is 13.1. The van der Waals surface area contributed by atoms with Crippen LogP contribution in [0.3, 0.4) is 0 Å². The van der Waals surface area contributed by atoms with Crippen LogP contribution in [0.4, 0.5) is 18.9 Å². The molecule has 152 valence electrons. The number of benzene rings is 1. The van der Waals surface area contributed by atoms with Crippen molar-refractivity contribution in [3.63, 3.8) is 0 Å². The number of nitrogens with one attached hydrogen (secondary N) is 1. The summed E-state index contributed by atoms with van der Waals surface area (Å²) < 4.78 is 49.7. The largest absolute Gasteiger partial charge is 0.489 e. The number of anilines is 1. The van der Waals surface area contributed by atoms with Gasteiger partial charge in [0.05, 0.1) is 23.4 Å². The molecule has 3 rings (SSSR count). The standard InChI is InChI=1S/C20H22F3NO3S/c1-12-3-5-14-15(11-28-18(14)9-12)19(25)24-16-10-13(20(21,22)23)4-6-17(16)27-8-7-26-2/h4,6,10-12H,3,5,7-9H2,1-2H3,(H,24,25). The summed E-state index contributed by atoms with van der Waals surface area (Å²) in [4.78, 5) is 14.0. The molecule has 1 aromatic heterocycles. The fourth-order valence-corrected chi connectivity index (χ4v) is 4.47. The summed E-state index contributed by atoms with van der Waals surface area (Å²) in [6, 6.07) is 3.06. The van der Waals surface area contributed by atoms with Crippen molar-refractivity contribution < 1.29 is 27.4 Å². The summed E-state index contributed by atoms with van der Waals surface area (Å²) in [7, 11) is 1.50. The third kappa shape index (κ3) is 4.67. The zero-order valence-corrected chi connectivity index (χ0v) is 16.5. The van der Waals surface area contributed by atoms with E-state index < -0.39 is 17.6 Å². The Hall–Kier alpha value is -2.06. The molecule has 1 atom stereocenters. The highest BCUT2D eigenvalue weighted by Crippen LogP contribution is 2.37. The van der Waals surface area contributed by atoms with Crippen LogP contribution in [0.15, 0.2) is 23.6 Å². The highest BCUT2D eigenvalue weighted by molar-refractivity contribution is 7.10. The number of halogens is 3. The second-order valence-electron chi connectivity index (χ2n) is 6.90. The van der Waals surface area contributed by atoms with Crippen molar-refractivity contribution in [1.29, 1.82) is 0 Å². The number of hydrogen-bond donors (Lipinski definition) is 1. The zero-order chi connectivity index (χ0) is 20.3. The van der Waals surface area contributed by atoms with E-state index in [1.165, 1.54) is 29.4 Å². The normalized spacial score (nSPS) is 16.5. The monoisotopic (exact) mass is 413 g/mol. The first kappa shape index (κ1) is 20.7. The van der Waals surface area contributed by atoms with Crippen molar-refractivity contribution in [3.8, 4) is 5.75 Å². The summed E-state index contributed by atoms with van der Waals surface area (Å²) in [5.74, 6) is 0.338. The lowest BCUT2D eigenvalue weighted by Crippen LogP contribution is -2.18. The number of fused-ring (bicyclic) bond motifs is 1. The maximum Gasteiger partial charge on any atom is 0.416 e. The van der Waals surface area contributed by atoms with E-state index in [1.54, 1.807) is 5.38 Å². The van der Waals surface area contributed by atoms with E-state index in [4.69, 9.17) is 9.47 Å². The smallest absolute Gasteiger partial charge is 0.416 e. The molecule has 4 nitrogen and oxygen atoms in total. The van der Waals surface area contributed by atoms with Crippen LogP contribution in [-0.4, -0.2) is 26.2 Å². The molecule has 8 heteroatoms. The van der Waals surface area contributed by atoms with E-state index in [-0.39, 0.29) is 24.7 Å². The van der Waals surface area contributed by atoms with Crippen molar-refractivity contribution in [3.05, 3.63) is 45.1 Å². The van der Waals surface area contributed by atoms with Crippen LogP contribution >= 0.6 is 11.3 Å². The predicted molar refractivity (Wildman–Crippen MR) is 102 cm³/mol. The van der Waals surface area contributed by atoms with E-state index in [9.17, 15) is 18.0 Å². The lowest BCUT2D eigenvalue weighted by molar-refractivity contribution is -0.137. The zero-order valence-electron chi connectivity index (χ0n) is 15.7. The molecule has 1 N–H and O–H groups in total. The third-order valence-electron chi connectivity index (χ3n) is 4.75. The Morgan fingerprint density at radius 2 is 2.11 bits per heavy atom. The number of methoxy groups -OCH3 is 1. The first-order valence-electron chi connectivity index (χ1n) is 9.03. The van der Waals surface area contributed by atoms with E-state index in [1.807, 2.05) is 0 Å². The van der Waals surface area contributed by atoms with Crippen LogP contribution in [0.25, 0.3) is 0 Å². The van der Waals surface area contributed by atoms with Crippen LogP contribution < -0.4 is 10.1 Å². The van der Waals surface area contributed by atoms with Gasteiger partial charge in [0.2, 0.25) is 0 Å². The molecule has 0 aliphatic heterocycles. The molecule has 1 heterocycles. The fourth-order valence-electron chi connectivity index (χ4n) is 3.22. The number of ether oxygens (including phenoxy) is 2. The van der Waals surface area contributed by atoms with Crippen molar-refractivity contribution in [2.75, 3.05) is 25.6 Å². The van der Waals surface area contributed by atoms with Crippen LogP contribution in [0, 0.1) is 5.92 Å². The van der Waals surface area contributed by atoms with Crippen LogP contribution in [0.1, 0.15) is 39.7 Å². The number of alkyl halides is 3. The minimum atomic E-state index is -4.51. The van der Waals surface area contributed by atoms with E-state index in [0.717, 1.165) is 37.0 Å². The summed E-state index contributed by atoms with van der Waals surface area (Å²) in [5, 5.41) is 4.40. The summed E-state index contributed by atoms with van der Waals surface area (Å²) in [6.45, 7) is 2.62. The van der Waals surface area contributed by atoms with Crippen LogP contribution in [-0.2, 0) is 23.8 Å². The summed E-state index contributed by atoms with van der Waals surface area (Å²) in [5.41, 5.74) is 0.699. The quantitative estimate of drug-likeness (QED) is 0.665. The molecule has 2 aromatic rings. The first-order chi connectivity index (χ1) is 13.3. The summed E-state index contributed by atoms with van der Waals surface area (Å²) in [6.07, 6.45) is -1.77. The van der Waals surface area contributed by atoms with Crippen molar-refractivity contribution in [2.45, 2.75) is 32.4 Å². The molecule has 0 fully saturated rings. The average molecular weight is 413 g/mol. The Morgan fingerprint density at radius 3 is 2.82 bits per heavy atom. The number of hydrogen-bond acceptors (Lipinski definition) is 4. The number of carbonyl (C=O) groups excluding carboxylic acids is 1. The van der Waals surface area contributed by atoms with Gasteiger partial charge in [-0.05, 0) is 48.9 Å². The molecule has 0 saturated heterocycles. The van der Waals surface area contributed by atoms with Gasteiger partial charge in [-0.1, -0.05) is 6.92 Å². The minimum absolute atomic E-state index is 0.0000514. The lowest BCUT2D eigenvalue weighted by atomic mass is 9.88. The first-order valence-corrected chi connectivity index (χ1v) is 9.91. The molecule has 0 bridgehead atoms. The Balaban J connectivity index is 1.86. The maximum absolute atomic E-state index is 13.1. The van der Waals surface area contributed by atoms with Gasteiger partial charge in [-0.15, -0.1) is 11.3 Å². The molecule has 1 aliphatic carbocycles. The lowest BCUT2D eigenvalue weighted by Gasteiger charge is -2.19. The molecule has 1 aliphatic rings. The van der Waals surface area contributed by atoms with Crippen LogP contribution in [0.2, 0.25) is 0 Å². The third-order valence-corrected chi connectivity index (χ3v) is 5.80. The SMILES string of the molecule is COCCOc1ccc(C(F)(F)F)cc1NC(=O)c1csc2c1CCC(C)C2. The highest BCUT2D eigenvalue weighted by atomic mass is 32.1. The molecular weight excluding hydrogens is 391 g/mol. The average Bonchev–Trinajstić information content (AvgIpc) is 3.05. The molecule has 1 amide bonds. The molecule has 1 unspecified atom stereocenters. The van der Waals surface area contributed by atoms with Gasteiger partial charge in [-0.2, -0.15) is 13.2 Å². The Morgan fingerprint density at radius 1 is 1.32 bits per heavy atom. The van der Waals surface area contributed by atoms with Crippen molar-refractivity contribution >= 4 is 22.9 Å². The number of rotatable bonds is 6. The Bertz CT molecular complexity index is 848. The molecular formula is C20H22F3NO3S. The fraction of sp³-hybridized carbons (Fsp3) is 0.450. The van der Waals surface area contributed by atoms with E-state index in [2.05, 4.69) is 12.2 Å². The van der Waals surface area contributed by atoms with Crippen LogP contribution in [0.5, 0.6) is 5.75 Å². The van der Waals surface area contributed by atoms with Gasteiger partial charge < -0.3 is 14.8 Å². The van der Waals surface area contributed by atoms with Gasteiger partial charge in [0.25, 0.3) is 5.91 Å². The molecule has 0 saturated carbocycles. The topological polar surface area (TPSA) is 47.6 Å². The van der Waals surface area contributed by atoms with Gasteiger partial charge in [-0.25, -0.2) is 0 Å². The number of carbonyl (C=O) groups is 1. The van der Waals surface area contributed by atoms with Crippen molar-refractivity contribution in [1.82, 2.24) is 0 Å². The second kappa shape index (κ2) is 8.53. The summed E-state index contributed by atoms with van der Waals surface area (Å²) >= 11 is 1.53. The highest BCUT2D eigenvalue weighted by Gasteiger charge is 2.32. The molecule has 0 radical (unpaired) electrons. The van der Waals surface area contributed by atoms with Gasteiger partial charge in [-0.3, -0.25) is 4.79 Å². The Kier molecular flexibility index (Phi) is 6.30. The molecule has 1 aromatic carbocycles. The van der Waals surface area contributed by atoms with Gasteiger partial charge >= 0.3 is 6.18 Å². The van der Waals surface area contributed by atoms with Gasteiger partial charge in [0.15, 0.2) is 0 Å². The number of amides is 1. The number of thiophene rings is 1. The van der Waals surface area contributed by atoms with Gasteiger partial charge in [0.1, 0.15) is 12.4 Å². The Labute approximate surface area is 165 Å².